The van der Waals surface area contributed by atoms with Crippen LogP contribution in [0, 0.1) is 44.8 Å². The van der Waals surface area contributed by atoms with Crippen LogP contribution < -0.4 is 10.1 Å². The molecule has 0 fully saturated rings. The van der Waals surface area contributed by atoms with Gasteiger partial charge in [-0.15, -0.1) is 0 Å². The van der Waals surface area contributed by atoms with Gasteiger partial charge in [-0.3, -0.25) is 4.79 Å². The minimum absolute atomic E-state index is 0.0182. The molecule has 0 aromatic heterocycles. The maximum atomic E-state index is 13.1. The summed E-state index contributed by atoms with van der Waals surface area (Å²) in [5.74, 6) is -0.00916. The lowest BCUT2D eigenvalue weighted by Crippen LogP contribution is -2.14. The van der Waals surface area contributed by atoms with Crippen LogP contribution in [0.5, 0.6) is 5.75 Å². The summed E-state index contributed by atoms with van der Waals surface area (Å²) in [4.78, 5) is 12.7. The average molecular weight is 429 g/mol. The fourth-order valence-corrected chi connectivity index (χ4v) is 3.41. The number of anilines is 1. The van der Waals surface area contributed by atoms with Crippen LogP contribution in [0.4, 0.5) is 10.1 Å². The number of benzene rings is 3. The van der Waals surface area contributed by atoms with Gasteiger partial charge in [0, 0.05) is 5.69 Å². The number of nitrogens with zero attached hydrogens (tertiary/aromatic N) is 1. The molecule has 5 heteroatoms. The van der Waals surface area contributed by atoms with E-state index in [4.69, 9.17) is 4.74 Å². The van der Waals surface area contributed by atoms with Gasteiger partial charge in [0.2, 0.25) is 0 Å². The number of hydrogen-bond acceptors (Lipinski definition) is 3. The second-order valence-corrected chi connectivity index (χ2v) is 7.84. The molecule has 1 N–H and O–H groups in total. The van der Waals surface area contributed by atoms with E-state index in [9.17, 15) is 14.4 Å². The van der Waals surface area contributed by atoms with E-state index in [-0.39, 0.29) is 11.4 Å². The fraction of sp³-hybridized carbons (Fsp3) is 0.185. The number of rotatable bonds is 6. The number of amides is 1. The third-order valence-corrected chi connectivity index (χ3v) is 5.10. The number of halogens is 1. The number of nitriles is 1. The van der Waals surface area contributed by atoms with Gasteiger partial charge in [-0.2, -0.15) is 5.26 Å². The quantitative estimate of drug-likeness (QED) is 0.376. The van der Waals surface area contributed by atoms with Crippen molar-refractivity contribution in [3.8, 4) is 11.8 Å². The van der Waals surface area contributed by atoms with Gasteiger partial charge in [-0.1, -0.05) is 24.3 Å². The van der Waals surface area contributed by atoms with Crippen molar-refractivity contribution in [2.75, 3.05) is 5.32 Å². The Morgan fingerprint density at radius 2 is 1.66 bits per heavy atom. The summed E-state index contributed by atoms with van der Waals surface area (Å²) >= 11 is 0. The molecule has 0 radical (unpaired) electrons. The Bertz CT molecular complexity index is 1200. The second kappa shape index (κ2) is 9.93. The van der Waals surface area contributed by atoms with Gasteiger partial charge >= 0.3 is 0 Å². The molecule has 0 saturated carbocycles. The van der Waals surface area contributed by atoms with Gasteiger partial charge in [-0.25, -0.2) is 4.39 Å². The van der Waals surface area contributed by atoms with Crippen molar-refractivity contribution in [2.45, 2.75) is 34.3 Å². The molecule has 0 unspecified atom stereocenters. The van der Waals surface area contributed by atoms with Crippen molar-refractivity contribution in [3.05, 3.63) is 99.4 Å². The van der Waals surface area contributed by atoms with E-state index < -0.39 is 5.91 Å². The normalized spacial score (nSPS) is 11.1. The Labute approximate surface area is 188 Å². The standard InChI is InChI=1S/C27H25FN2O2/c1-17-5-6-18(2)25(11-17)30-27(31)23(15-29)14-22-12-19(3)26(20(4)13-22)32-16-21-7-9-24(28)10-8-21/h5-14H,16H2,1-4H3,(H,30,31)/b23-14+. The Kier molecular flexibility index (Phi) is 7.07. The van der Waals surface area contributed by atoms with Crippen LogP contribution in [0.3, 0.4) is 0 Å². The lowest BCUT2D eigenvalue weighted by molar-refractivity contribution is -0.112. The summed E-state index contributed by atoms with van der Waals surface area (Å²) in [5.41, 5.74) is 6.02. The zero-order valence-corrected chi connectivity index (χ0v) is 18.6. The monoisotopic (exact) mass is 428 g/mol. The summed E-state index contributed by atoms with van der Waals surface area (Å²) in [6.07, 6.45) is 1.57. The minimum Gasteiger partial charge on any atom is -0.488 e. The van der Waals surface area contributed by atoms with E-state index >= 15 is 0 Å². The Hall–Kier alpha value is -3.91. The fourth-order valence-electron chi connectivity index (χ4n) is 3.41. The molecule has 1 amide bonds. The molecule has 0 saturated heterocycles. The number of ether oxygens (including phenoxy) is 1. The zero-order chi connectivity index (χ0) is 23.3. The van der Waals surface area contributed by atoms with Crippen molar-refractivity contribution in [2.24, 2.45) is 0 Å². The second-order valence-electron chi connectivity index (χ2n) is 7.84. The first-order valence-electron chi connectivity index (χ1n) is 10.3. The maximum Gasteiger partial charge on any atom is 0.266 e. The van der Waals surface area contributed by atoms with Crippen molar-refractivity contribution < 1.29 is 13.9 Å². The zero-order valence-electron chi connectivity index (χ0n) is 18.6. The molecule has 3 aromatic rings. The first-order valence-corrected chi connectivity index (χ1v) is 10.3. The number of carbonyl (C=O) groups excluding carboxylic acids is 1. The highest BCUT2D eigenvalue weighted by Gasteiger charge is 2.13. The van der Waals surface area contributed by atoms with Crippen LogP contribution in [0.15, 0.2) is 60.2 Å². The summed E-state index contributed by atoms with van der Waals surface area (Å²) in [6.45, 7) is 7.99. The summed E-state index contributed by atoms with van der Waals surface area (Å²) in [7, 11) is 0. The third-order valence-electron chi connectivity index (χ3n) is 5.10. The molecule has 3 aromatic carbocycles. The van der Waals surface area contributed by atoms with Crippen molar-refractivity contribution in [3.63, 3.8) is 0 Å². The van der Waals surface area contributed by atoms with Crippen molar-refractivity contribution >= 4 is 17.7 Å². The van der Waals surface area contributed by atoms with Crippen molar-refractivity contribution in [1.29, 1.82) is 5.26 Å². The molecule has 0 atom stereocenters. The highest BCUT2D eigenvalue weighted by Crippen LogP contribution is 2.27. The molecule has 0 aliphatic rings. The van der Waals surface area contributed by atoms with Gasteiger partial charge in [0.25, 0.3) is 5.91 Å². The van der Waals surface area contributed by atoms with Crippen LogP contribution in [-0.2, 0) is 11.4 Å². The molecule has 32 heavy (non-hydrogen) atoms. The van der Waals surface area contributed by atoms with Gasteiger partial charge in [0.1, 0.15) is 29.8 Å². The smallest absolute Gasteiger partial charge is 0.266 e. The Balaban J connectivity index is 1.78. The molecule has 0 aliphatic heterocycles. The first kappa shape index (κ1) is 22.8. The largest absolute Gasteiger partial charge is 0.488 e. The number of aryl methyl sites for hydroxylation is 4. The van der Waals surface area contributed by atoms with E-state index in [1.54, 1.807) is 18.2 Å². The molecule has 0 spiro atoms. The molecule has 3 rings (SSSR count). The third kappa shape index (κ3) is 5.61. The van der Waals surface area contributed by atoms with E-state index in [2.05, 4.69) is 5.32 Å². The molecule has 162 valence electrons. The molecular formula is C27H25FN2O2. The minimum atomic E-state index is -0.451. The van der Waals surface area contributed by atoms with Crippen molar-refractivity contribution in [1.82, 2.24) is 0 Å². The lowest BCUT2D eigenvalue weighted by Gasteiger charge is -2.14. The van der Waals surface area contributed by atoms with Crippen LogP contribution in [-0.4, -0.2) is 5.91 Å². The highest BCUT2D eigenvalue weighted by molar-refractivity contribution is 6.10. The molecule has 0 aliphatic carbocycles. The average Bonchev–Trinajstić information content (AvgIpc) is 2.75. The van der Waals surface area contributed by atoms with E-state index in [1.165, 1.54) is 12.1 Å². The van der Waals surface area contributed by atoms with Crippen LogP contribution in [0.25, 0.3) is 6.08 Å². The molecule has 4 nitrogen and oxygen atoms in total. The van der Waals surface area contributed by atoms with Gasteiger partial charge in [0.15, 0.2) is 0 Å². The predicted molar refractivity (Wildman–Crippen MR) is 125 cm³/mol. The SMILES string of the molecule is Cc1ccc(C)c(NC(=O)/C(C#N)=C/c2cc(C)c(OCc3ccc(F)cc3)c(C)c2)c1. The van der Waals surface area contributed by atoms with Gasteiger partial charge in [0.05, 0.1) is 0 Å². The highest BCUT2D eigenvalue weighted by atomic mass is 19.1. The molecule has 0 bridgehead atoms. The topological polar surface area (TPSA) is 62.1 Å². The number of carbonyl (C=O) groups is 1. The molecule has 0 heterocycles. The lowest BCUT2D eigenvalue weighted by atomic mass is 10.0. The Morgan fingerprint density at radius 3 is 2.28 bits per heavy atom. The van der Waals surface area contributed by atoms with E-state index in [1.807, 2.05) is 64.1 Å². The van der Waals surface area contributed by atoms with E-state index in [0.717, 1.165) is 39.1 Å². The molecular weight excluding hydrogens is 403 g/mol. The summed E-state index contributed by atoms with van der Waals surface area (Å²) < 4.78 is 19.0. The summed E-state index contributed by atoms with van der Waals surface area (Å²) in [5, 5.41) is 12.4. The first-order chi connectivity index (χ1) is 15.3. The van der Waals surface area contributed by atoms with Gasteiger partial charge in [-0.05, 0) is 97.5 Å². The van der Waals surface area contributed by atoms with Crippen LogP contribution in [0.1, 0.15) is 33.4 Å². The van der Waals surface area contributed by atoms with Crippen LogP contribution >= 0.6 is 0 Å². The van der Waals surface area contributed by atoms with Crippen LogP contribution in [0.2, 0.25) is 0 Å². The van der Waals surface area contributed by atoms with E-state index in [0.29, 0.717) is 12.3 Å². The maximum absolute atomic E-state index is 13.1. The number of hydrogen-bond donors (Lipinski definition) is 1. The summed E-state index contributed by atoms with van der Waals surface area (Å²) in [6, 6.07) is 17.7. The number of nitrogens with one attached hydrogen (secondary N) is 1. The Morgan fingerprint density at radius 1 is 1.00 bits per heavy atom. The van der Waals surface area contributed by atoms with Gasteiger partial charge < -0.3 is 10.1 Å². The predicted octanol–water partition coefficient (Wildman–Crippen LogP) is 6.18.